The zero-order valence-electron chi connectivity index (χ0n) is 11.1. The first-order valence-corrected chi connectivity index (χ1v) is 8.35. The van der Waals surface area contributed by atoms with Crippen LogP contribution in [0.3, 0.4) is 0 Å². The van der Waals surface area contributed by atoms with Gasteiger partial charge >= 0.3 is 5.97 Å². The van der Waals surface area contributed by atoms with Gasteiger partial charge in [0.1, 0.15) is 9.77 Å². The van der Waals surface area contributed by atoms with Crippen LogP contribution < -0.4 is 0 Å². The van der Waals surface area contributed by atoms with E-state index in [0.717, 1.165) is 24.2 Å². The Balaban J connectivity index is 2.33. The van der Waals surface area contributed by atoms with Crippen LogP contribution in [0.4, 0.5) is 0 Å². The van der Waals surface area contributed by atoms with Gasteiger partial charge in [-0.25, -0.2) is 13.2 Å². The van der Waals surface area contributed by atoms with Gasteiger partial charge in [0.25, 0.3) is 0 Å². The summed E-state index contributed by atoms with van der Waals surface area (Å²) >= 11 is 1.08. The number of thiophene rings is 1. The topological polar surface area (TPSA) is 63.7 Å². The van der Waals surface area contributed by atoms with E-state index in [4.69, 9.17) is 0 Å². The summed E-state index contributed by atoms with van der Waals surface area (Å²) in [5.74, 6) is -0.180. The smallest absolute Gasteiger partial charge is 0.349 e. The van der Waals surface area contributed by atoms with E-state index in [2.05, 4.69) is 4.74 Å². The van der Waals surface area contributed by atoms with E-state index in [1.807, 2.05) is 6.92 Å². The minimum atomic E-state index is -3.64. The number of ether oxygens (including phenoxy) is 1. The van der Waals surface area contributed by atoms with Gasteiger partial charge in [-0.3, -0.25) is 0 Å². The molecule has 1 heterocycles. The van der Waals surface area contributed by atoms with Crippen LogP contribution >= 0.6 is 11.3 Å². The van der Waals surface area contributed by atoms with E-state index in [-0.39, 0.29) is 15.8 Å². The Kier molecular flexibility index (Phi) is 3.98. The molecular formula is C12H17NO4S2. The molecule has 0 bridgehead atoms. The van der Waals surface area contributed by atoms with Crippen molar-refractivity contribution in [2.45, 2.75) is 30.7 Å². The lowest BCUT2D eigenvalue weighted by molar-refractivity contribution is 0.0602. The van der Waals surface area contributed by atoms with Crippen molar-refractivity contribution in [3.63, 3.8) is 0 Å². The second-order valence-electron chi connectivity index (χ2n) is 4.70. The molecule has 0 amide bonds. The van der Waals surface area contributed by atoms with E-state index >= 15 is 0 Å². The highest BCUT2D eigenvalue weighted by Gasteiger charge is 2.37. The molecule has 2 rings (SSSR count). The Morgan fingerprint density at radius 3 is 2.68 bits per heavy atom. The monoisotopic (exact) mass is 303 g/mol. The molecule has 0 radical (unpaired) electrons. The fourth-order valence-electron chi connectivity index (χ4n) is 1.99. The predicted molar refractivity (Wildman–Crippen MR) is 72.8 cm³/mol. The average Bonchev–Trinajstić information content (AvgIpc) is 3.12. The van der Waals surface area contributed by atoms with Crippen molar-refractivity contribution in [3.05, 3.63) is 16.3 Å². The van der Waals surface area contributed by atoms with Gasteiger partial charge in [0, 0.05) is 13.1 Å². The zero-order valence-corrected chi connectivity index (χ0v) is 12.8. The molecule has 19 heavy (non-hydrogen) atoms. The molecule has 1 aromatic rings. The van der Waals surface area contributed by atoms with E-state index in [0.29, 0.717) is 5.92 Å². The van der Waals surface area contributed by atoms with Crippen molar-refractivity contribution in [2.75, 3.05) is 14.2 Å². The van der Waals surface area contributed by atoms with Crippen LogP contribution in [0.2, 0.25) is 0 Å². The highest BCUT2D eigenvalue weighted by atomic mass is 32.2. The molecule has 1 aliphatic rings. The Morgan fingerprint density at radius 1 is 1.53 bits per heavy atom. The first kappa shape index (κ1) is 14.5. The first-order valence-electron chi connectivity index (χ1n) is 6.03. The lowest BCUT2D eigenvalue weighted by atomic mass is 10.2. The van der Waals surface area contributed by atoms with Crippen molar-refractivity contribution in [2.24, 2.45) is 5.92 Å². The van der Waals surface area contributed by atoms with Crippen LogP contribution in [-0.4, -0.2) is 38.9 Å². The molecule has 1 fully saturated rings. The van der Waals surface area contributed by atoms with Crippen molar-refractivity contribution >= 4 is 27.3 Å². The molecule has 0 saturated heterocycles. The molecule has 1 atom stereocenters. The van der Waals surface area contributed by atoms with Crippen molar-refractivity contribution in [1.29, 1.82) is 0 Å². The zero-order chi connectivity index (χ0) is 14.2. The number of methoxy groups -OCH3 is 1. The number of sulfonamides is 1. The largest absolute Gasteiger partial charge is 0.465 e. The third kappa shape index (κ3) is 2.68. The van der Waals surface area contributed by atoms with Gasteiger partial charge in [0.15, 0.2) is 0 Å². The molecule has 1 unspecified atom stereocenters. The maximum Gasteiger partial charge on any atom is 0.349 e. The van der Waals surface area contributed by atoms with E-state index in [9.17, 15) is 13.2 Å². The molecule has 1 saturated carbocycles. The predicted octanol–water partition coefficient (Wildman–Crippen LogP) is 1.95. The summed E-state index contributed by atoms with van der Waals surface area (Å²) in [6.07, 6.45) is 2.13. The van der Waals surface area contributed by atoms with Crippen LogP contribution in [0.15, 0.2) is 16.3 Å². The fraction of sp³-hybridized carbons (Fsp3) is 0.583. The number of carbonyl (C=O) groups excluding carboxylic acids is 1. The van der Waals surface area contributed by atoms with Crippen molar-refractivity contribution in [1.82, 2.24) is 4.31 Å². The number of hydrogen-bond donors (Lipinski definition) is 0. The SMILES string of the molecule is COC(=O)c1sccc1S(=O)(=O)N(C)C(C)C1CC1. The minimum Gasteiger partial charge on any atom is -0.465 e. The highest BCUT2D eigenvalue weighted by molar-refractivity contribution is 7.89. The van der Waals surface area contributed by atoms with Gasteiger partial charge in [-0.15, -0.1) is 11.3 Å². The van der Waals surface area contributed by atoms with Crippen molar-refractivity contribution < 1.29 is 17.9 Å². The van der Waals surface area contributed by atoms with Gasteiger partial charge in [-0.1, -0.05) is 0 Å². The van der Waals surface area contributed by atoms with Gasteiger partial charge < -0.3 is 4.74 Å². The molecule has 1 aliphatic carbocycles. The molecule has 0 N–H and O–H groups in total. The maximum absolute atomic E-state index is 12.5. The quantitative estimate of drug-likeness (QED) is 0.780. The summed E-state index contributed by atoms with van der Waals surface area (Å²) in [6.45, 7) is 1.90. The Bertz CT molecular complexity index is 574. The molecule has 106 valence electrons. The van der Waals surface area contributed by atoms with Crippen LogP contribution in [0.5, 0.6) is 0 Å². The van der Waals surface area contributed by atoms with E-state index in [1.54, 1.807) is 12.4 Å². The summed E-state index contributed by atoms with van der Waals surface area (Å²) in [6, 6.07) is 1.41. The Morgan fingerprint density at radius 2 is 2.16 bits per heavy atom. The second kappa shape index (κ2) is 5.22. The van der Waals surface area contributed by atoms with Crippen LogP contribution in [-0.2, 0) is 14.8 Å². The standard InChI is InChI=1S/C12H17NO4S2/c1-8(9-4-5-9)13(2)19(15,16)10-6-7-18-11(10)12(14)17-3/h6-9H,4-5H2,1-3H3. The number of esters is 1. The lowest BCUT2D eigenvalue weighted by Crippen LogP contribution is -2.36. The third-order valence-electron chi connectivity index (χ3n) is 3.53. The Hall–Kier alpha value is -0.920. The molecule has 5 nitrogen and oxygen atoms in total. The van der Waals surface area contributed by atoms with Crippen LogP contribution in [0, 0.1) is 5.92 Å². The number of hydrogen-bond acceptors (Lipinski definition) is 5. The molecule has 1 aromatic heterocycles. The van der Waals surface area contributed by atoms with Crippen molar-refractivity contribution in [3.8, 4) is 0 Å². The van der Waals surface area contributed by atoms with Gasteiger partial charge in [-0.2, -0.15) is 4.31 Å². The molecule has 0 spiro atoms. The summed E-state index contributed by atoms with van der Waals surface area (Å²) in [5.41, 5.74) is 0. The van der Waals surface area contributed by atoms with Gasteiger partial charge in [0.2, 0.25) is 10.0 Å². The molecule has 7 heteroatoms. The van der Waals surface area contributed by atoms with E-state index < -0.39 is 16.0 Å². The molecular weight excluding hydrogens is 286 g/mol. The van der Waals surface area contributed by atoms with Gasteiger partial charge in [0.05, 0.1) is 7.11 Å². The third-order valence-corrected chi connectivity index (χ3v) is 6.55. The number of carbonyl (C=O) groups is 1. The summed E-state index contributed by atoms with van der Waals surface area (Å²) in [5, 5.41) is 1.59. The van der Waals surface area contributed by atoms with Gasteiger partial charge in [-0.05, 0) is 37.1 Å². The molecule has 0 aromatic carbocycles. The highest BCUT2D eigenvalue weighted by Crippen LogP contribution is 2.37. The van der Waals surface area contributed by atoms with E-state index in [1.165, 1.54) is 17.5 Å². The first-order chi connectivity index (χ1) is 8.89. The minimum absolute atomic E-state index is 0.0411. The van der Waals surface area contributed by atoms with Crippen LogP contribution in [0.25, 0.3) is 0 Å². The maximum atomic E-state index is 12.5. The fourth-order valence-corrected chi connectivity index (χ4v) is 4.72. The lowest BCUT2D eigenvalue weighted by Gasteiger charge is -2.24. The number of rotatable bonds is 5. The second-order valence-corrected chi connectivity index (χ2v) is 7.59. The van der Waals surface area contributed by atoms with Crippen LogP contribution in [0.1, 0.15) is 29.4 Å². The number of nitrogens with zero attached hydrogens (tertiary/aromatic N) is 1. The normalized spacial score (nSPS) is 17.5. The summed E-state index contributed by atoms with van der Waals surface area (Å²) in [4.78, 5) is 11.8. The summed E-state index contributed by atoms with van der Waals surface area (Å²) in [7, 11) is -0.831. The Labute approximate surface area is 117 Å². The molecule has 0 aliphatic heterocycles. The summed E-state index contributed by atoms with van der Waals surface area (Å²) < 4.78 is 31.0. The average molecular weight is 303 g/mol.